The van der Waals surface area contributed by atoms with Crippen LogP contribution < -0.4 is 4.72 Å². The normalized spacial score (nSPS) is 11.7. The second-order valence-corrected chi connectivity index (χ2v) is 7.20. The molecule has 0 atom stereocenters. The summed E-state index contributed by atoms with van der Waals surface area (Å²) < 4.78 is 32.5. The third-order valence-corrected chi connectivity index (χ3v) is 4.97. The second kappa shape index (κ2) is 6.06. The molecule has 120 valence electrons. The lowest BCUT2D eigenvalue weighted by Crippen LogP contribution is -2.22. The zero-order valence-electron chi connectivity index (χ0n) is 13.0. The Kier molecular flexibility index (Phi) is 4.11. The van der Waals surface area contributed by atoms with E-state index < -0.39 is 10.0 Å². The molecule has 2 aromatic heterocycles. The van der Waals surface area contributed by atoms with Crippen molar-refractivity contribution in [3.63, 3.8) is 0 Å². The molecule has 0 aliphatic heterocycles. The molecule has 2 N–H and O–H groups in total. The molecule has 0 fully saturated rings. The summed E-state index contributed by atoms with van der Waals surface area (Å²) in [5, 5.41) is 0. The topological polar surface area (TPSA) is 75.1 Å². The van der Waals surface area contributed by atoms with Crippen LogP contribution >= 0.6 is 0 Å². The number of hydrogen-bond acceptors (Lipinski definition) is 3. The van der Waals surface area contributed by atoms with Crippen molar-refractivity contribution in [2.24, 2.45) is 0 Å². The third kappa shape index (κ3) is 3.55. The number of benzene rings is 1. The van der Waals surface area contributed by atoms with Gasteiger partial charge in [-0.3, -0.25) is 0 Å². The second-order valence-electron chi connectivity index (χ2n) is 5.43. The minimum atomic E-state index is -3.56. The molecule has 0 amide bonds. The largest absolute Gasteiger partial charge is 0.465 e. The molecule has 0 saturated carbocycles. The van der Waals surface area contributed by atoms with E-state index in [9.17, 15) is 8.42 Å². The summed E-state index contributed by atoms with van der Waals surface area (Å²) in [4.78, 5) is 3.34. The predicted octanol–water partition coefficient (Wildman–Crippen LogP) is 3.37. The van der Waals surface area contributed by atoms with E-state index in [0.29, 0.717) is 5.76 Å². The van der Waals surface area contributed by atoms with Crippen molar-refractivity contribution in [3.8, 4) is 11.1 Å². The fraction of sp³-hybridized carbons (Fsp3) is 0.176. The van der Waals surface area contributed by atoms with Crippen LogP contribution in [0.2, 0.25) is 0 Å². The lowest BCUT2D eigenvalue weighted by atomic mass is 10.1. The summed E-state index contributed by atoms with van der Waals surface area (Å²) >= 11 is 0. The van der Waals surface area contributed by atoms with E-state index in [2.05, 4.69) is 9.71 Å². The molecule has 2 heterocycles. The van der Waals surface area contributed by atoms with Crippen LogP contribution in [0.3, 0.4) is 0 Å². The highest BCUT2D eigenvalue weighted by molar-refractivity contribution is 7.89. The van der Waals surface area contributed by atoms with Crippen LogP contribution in [-0.2, 0) is 16.6 Å². The highest BCUT2D eigenvalue weighted by atomic mass is 32.2. The average Bonchev–Trinajstić information content (AvgIpc) is 3.14. The lowest BCUT2D eigenvalue weighted by Gasteiger charge is -2.06. The fourth-order valence-corrected chi connectivity index (χ4v) is 3.32. The number of aryl methyl sites for hydroxylation is 2. The van der Waals surface area contributed by atoms with E-state index in [1.807, 2.05) is 26.1 Å². The maximum Gasteiger partial charge on any atom is 0.240 e. The van der Waals surface area contributed by atoms with E-state index in [4.69, 9.17) is 4.42 Å². The van der Waals surface area contributed by atoms with Gasteiger partial charge >= 0.3 is 0 Å². The number of sulfonamides is 1. The maximum absolute atomic E-state index is 12.3. The fourth-order valence-electron chi connectivity index (χ4n) is 2.33. The van der Waals surface area contributed by atoms with Gasteiger partial charge in [0, 0.05) is 11.9 Å². The first kappa shape index (κ1) is 15.6. The molecular formula is C17H18N2O3S. The number of H-pyrrole nitrogens is 1. The van der Waals surface area contributed by atoms with Crippen LogP contribution in [0.1, 0.15) is 17.2 Å². The summed E-state index contributed by atoms with van der Waals surface area (Å²) in [6.07, 6.45) is 1.90. The summed E-state index contributed by atoms with van der Waals surface area (Å²) in [6, 6.07) is 12.4. The molecule has 0 spiro atoms. The van der Waals surface area contributed by atoms with Crippen LogP contribution in [0.15, 0.2) is 58.0 Å². The molecule has 0 unspecified atom stereocenters. The third-order valence-electron chi connectivity index (χ3n) is 3.56. The lowest BCUT2D eigenvalue weighted by molar-refractivity contribution is 0.475. The molecule has 0 bridgehead atoms. The molecule has 23 heavy (non-hydrogen) atoms. The van der Waals surface area contributed by atoms with Gasteiger partial charge in [-0.2, -0.15) is 0 Å². The Labute approximate surface area is 135 Å². The molecule has 0 saturated heterocycles. The molecule has 3 aromatic rings. The first-order valence-electron chi connectivity index (χ1n) is 7.24. The Morgan fingerprint density at radius 3 is 2.35 bits per heavy atom. The zero-order valence-corrected chi connectivity index (χ0v) is 13.8. The van der Waals surface area contributed by atoms with E-state index >= 15 is 0 Å². The zero-order chi connectivity index (χ0) is 16.4. The minimum absolute atomic E-state index is 0.134. The van der Waals surface area contributed by atoms with Gasteiger partial charge < -0.3 is 9.40 Å². The molecule has 0 radical (unpaired) electrons. The van der Waals surface area contributed by atoms with Crippen molar-refractivity contribution in [1.29, 1.82) is 0 Å². The Balaban J connectivity index is 1.75. The van der Waals surface area contributed by atoms with Crippen LogP contribution in [0.25, 0.3) is 11.1 Å². The summed E-state index contributed by atoms with van der Waals surface area (Å²) in [5.41, 5.74) is 3.06. The highest BCUT2D eigenvalue weighted by Crippen LogP contribution is 2.22. The quantitative estimate of drug-likeness (QED) is 0.753. The Morgan fingerprint density at radius 2 is 1.78 bits per heavy atom. The van der Waals surface area contributed by atoms with Gasteiger partial charge in [-0.25, -0.2) is 13.1 Å². The van der Waals surface area contributed by atoms with Gasteiger partial charge in [0.15, 0.2) is 0 Å². The molecule has 3 rings (SSSR count). The molecule has 5 nitrogen and oxygen atoms in total. The first-order valence-corrected chi connectivity index (χ1v) is 8.73. The van der Waals surface area contributed by atoms with Crippen molar-refractivity contribution >= 4 is 10.0 Å². The van der Waals surface area contributed by atoms with Gasteiger partial charge in [0.2, 0.25) is 10.0 Å². The number of aromatic amines is 1. The number of rotatable bonds is 5. The van der Waals surface area contributed by atoms with Crippen LogP contribution in [0.5, 0.6) is 0 Å². The van der Waals surface area contributed by atoms with Gasteiger partial charge in [-0.15, -0.1) is 0 Å². The standard InChI is InChI=1S/C17H18N2O3S/c1-12-9-15(10-18-12)14-4-7-17(8-5-14)23(20,21)19-11-16-6-3-13(2)22-16/h3-10,18-19H,11H2,1-2H3. The smallest absolute Gasteiger partial charge is 0.240 e. The van der Waals surface area contributed by atoms with E-state index in [1.54, 1.807) is 36.4 Å². The number of nitrogens with one attached hydrogen (secondary N) is 2. The Bertz CT molecular complexity index is 905. The van der Waals surface area contributed by atoms with Crippen LogP contribution in [0, 0.1) is 13.8 Å². The summed E-state index contributed by atoms with van der Waals surface area (Å²) in [6.45, 7) is 3.93. The SMILES string of the molecule is Cc1cc(-c2ccc(S(=O)(=O)NCc3ccc(C)o3)cc2)c[nH]1. The van der Waals surface area contributed by atoms with Crippen molar-refractivity contribution in [2.45, 2.75) is 25.3 Å². The monoisotopic (exact) mass is 330 g/mol. The number of hydrogen-bond donors (Lipinski definition) is 2. The maximum atomic E-state index is 12.3. The van der Waals surface area contributed by atoms with E-state index in [0.717, 1.165) is 22.6 Å². The van der Waals surface area contributed by atoms with Crippen molar-refractivity contribution in [3.05, 3.63) is 65.9 Å². The highest BCUT2D eigenvalue weighted by Gasteiger charge is 2.14. The minimum Gasteiger partial charge on any atom is -0.465 e. The molecule has 0 aliphatic rings. The van der Waals surface area contributed by atoms with Gasteiger partial charge in [0.25, 0.3) is 0 Å². The van der Waals surface area contributed by atoms with Crippen molar-refractivity contribution in [1.82, 2.24) is 9.71 Å². The molecule has 6 heteroatoms. The van der Waals surface area contributed by atoms with Crippen molar-refractivity contribution in [2.75, 3.05) is 0 Å². The summed E-state index contributed by atoms with van der Waals surface area (Å²) in [7, 11) is -3.56. The van der Waals surface area contributed by atoms with Crippen LogP contribution in [-0.4, -0.2) is 13.4 Å². The first-order chi connectivity index (χ1) is 10.9. The number of aromatic nitrogens is 1. The van der Waals surface area contributed by atoms with Gasteiger partial charge in [0.05, 0.1) is 11.4 Å². The van der Waals surface area contributed by atoms with E-state index in [-0.39, 0.29) is 11.4 Å². The van der Waals surface area contributed by atoms with Crippen LogP contribution in [0.4, 0.5) is 0 Å². The predicted molar refractivity (Wildman–Crippen MR) is 88.4 cm³/mol. The molecule has 1 aromatic carbocycles. The Hall–Kier alpha value is -2.31. The van der Waals surface area contributed by atoms with Gasteiger partial charge in [-0.1, -0.05) is 12.1 Å². The Morgan fingerprint density at radius 1 is 1.04 bits per heavy atom. The summed E-state index contributed by atoms with van der Waals surface area (Å²) in [5.74, 6) is 1.34. The van der Waals surface area contributed by atoms with E-state index in [1.165, 1.54) is 0 Å². The van der Waals surface area contributed by atoms with Gasteiger partial charge in [0.1, 0.15) is 11.5 Å². The molecular weight excluding hydrogens is 312 g/mol. The number of furan rings is 1. The van der Waals surface area contributed by atoms with Gasteiger partial charge in [-0.05, 0) is 55.3 Å². The average molecular weight is 330 g/mol. The van der Waals surface area contributed by atoms with Crippen molar-refractivity contribution < 1.29 is 12.8 Å². The molecule has 0 aliphatic carbocycles.